The van der Waals surface area contributed by atoms with Gasteiger partial charge in [-0.05, 0) is 26.7 Å². The first-order chi connectivity index (χ1) is 6.08. The van der Waals surface area contributed by atoms with Crippen molar-refractivity contribution in [2.24, 2.45) is 0 Å². The number of hydrogen-bond donors (Lipinski definition) is 2. The molecular formula is C9H17NO3. The molecule has 1 aliphatic heterocycles. The van der Waals surface area contributed by atoms with Crippen molar-refractivity contribution >= 4 is 5.91 Å². The molecule has 0 aliphatic carbocycles. The Bertz CT molecular complexity index is 187. The molecule has 1 rings (SSSR count). The Kier molecular flexibility index (Phi) is 3.27. The summed E-state index contributed by atoms with van der Waals surface area (Å²) < 4.78 is 5.35. The summed E-state index contributed by atoms with van der Waals surface area (Å²) in [7, 11) is 0. The van der Waals surface area contributed by atoms with Crippen molar-refractivity contribution in [3.8, 4) is 0 Å². The highest BCUT2D eigenvalue weighted by molar-refractivity contribution is 5.85. The van der Waals surface area contributed by atoms with Gasteiger partial charge in [0.1, 0.15) is 5.60 Å². The van der Waals surface area contributed by atoms with Crippen molar-refractivity contribution in [2.75, 3.05) is 13.2 Å². The number of nitrogens with one attached hydrogen (secondary N) is 1. The van der Waals surface area contributed by atoms with Gasteiger partial charge in [0.15, 0.2) is 0 Å². The van der Waals surface area contributed by atoms with E-state index in [9.17, 15) is 4.79 Å². The van der Waals surface area contributed by atoms with Crippen LogP contribution in [0, 0.1) is 0 Å². The number of carbonyl (C=O) groups excluding carboxylic acids is 1. The average molecular weight is 187 g/mol. The normalized spacial score (nSPS) is 30.1. The fourth-order valence-corrected chi connectivity index (χ4v) is 1.38. The molecule has 1 fully saturated rings. The standard InChI is InChI=1S/C9H17NO3/c1-7(6-11)10-8(12)9(2)4-3-5-13-9/h7,11H,3-6H2,1-2H3,(H,10,12)/t7-,9?/m1/s1. The van der Waals surface area contributed by atoms with E-state index in [1.807, 2.05) is 0 Å². The van der Waals surface area contributed by atoms with Gasteiger partial charge >= 0.3 is 0 Å². The van der Waals surface area contributed by atoms with Crippen molar-refractivity contribution < 1.29 is 14.6 Å². The number of carbonyl (C=O) groups is 1. The third-order valence-electron chi connectivity index (χ3n) is 2.35. The second-order valence-electron chi connectivity index (χ2n) is 3.74. The minimum Gasteiger partial charge on any atom is -0.394 e. The molecule has 4 heteroatoms. The lowest BCUT2D eigenvalue weighted by atomic mass is 10.0. The highest BCUT2D eigenvalue weighted by Gasteiger charge is 2.37. The van der Waals surface area contributed by atoms with Gasteiger partial charge in [0.25, 0.3) is 5.91 Å². The SMILES string of the molecule is C[C@H](CO)NC(=O)C1(C)CCCO1. The van der Waals surface area contributed by atoms with Gasteiger partial charge in [0.2, 0.25) is 0 Å². The van der Waals surface area contributed by atoms with Crippen molar-refractivity contribution in [1.82, 2.24) is 5.32 Å². The summed E-state index contributed by atoms with van der Waals surface area (Å²) in [6, 6.07) is -0.200. The first kappa shape index (κ1) is 10.5. The molecule has 1 saturated heterocycles. The summed E-state index contributed by atoms with van der Waals surface area (Å²) in [5.74, 6) is -0.119. The van der Waals surface area contributed by atoms with E-state index < -0.39 is 5.60 Å². The summed E-state index contributed by atoms with van der Waals surface area (Å²) in [4.78, 5) is 11.6. The van der Waals surface area contributed by atoms with Gasteiger partial charge in [-0.15, -0.1) is 0 Å². The van der Waals surface area contributed by atoms with E-state index in [1.54, 1.807) is 13.8 Å². The maximum absolute atomic E-state index is 11.6. The van der Waals surface area contributed by atoms with Crippen LogP contribution < -0.4 is 5.32 Å². The minimum absolute atomic E-state index is 0.0399. The van der Waals surface area contributed by atoms with Gasteiger partial charge in [-0.2, -0.15) is 0 Å². The lowest BCUT2D eigenvalue weighted by Gasteiger charge is -2.23. The van der Waals surface area contributed by atoms with Crippen LogP contribution in [0.3, 0.4) is 0 Å². The zero-order chi connectivity index (χ0) is 9.90. The van der Waals surface area contributed by atoms with Crippen molar-refractivity contribution in [1.29, 1.82) is 0 Å². The van der Waals surface area contributed by atoms with Crippen molar-refractivity contribution in [2.45, 2.75) is 38.3 Å². The molecule has 0 radical (unpaired) electrons. The number of rotatable bonds is 3. The third-order valence-corrected chi connectivity index (χ3v) is 2.35. The summed E-state index contributed by atoms with van der Waals surface area (Å²) in [6.45, 7) is 4.16. The van der Waals surface area contributed by atoms with E-state index in [4.69, 9.17) is 9.84 Å². The zero-order valence-electron chi connectivity index (χ0n) is 8.17. The van der Waals surface area contributed by atoms with Crippen LogP contribution in [0.2, 0.25) is 0 Å². The zero-order valence-corrected chi connectivity index (χ0v) is 8.17. The molecule has 0 aromatic carbocycles. The molecule has 4 nitrogen and oxygen atoms in total. The fraction of sp³-hybridized carbons (Fsp3) is 0.889. The summed E-state index contributed by atoms with van der Waals surface area (Å²) in [5, 5.41) is 11.5. The van der Waals surface area contributed by atoms with Crippen molar-refractivity contribution in [3.05, 3.63) is 0 Å². The van der Waals surface area contributed by atoms with Crippen LogP contribution in [-0.4, -0.2) is 35.9 Å². The molecule has 76 valence electrons. The largest absolute Gasteiger partial charge is 0.394 e. The fourth-order valence-electron chi connectivity index (χ4n) is 1.38. The summed E-state index contributed by atoms with van der Waals surface area (Å²) in [6.07, 6.45) is 1.69. The first-order valence-electron chi connectivity index (χ1n) is 4.64. The van der Waals surface area contributed by atoms with Crippen LogP contribution in [0.25, 0.3) is 0 Å². The molecule has 13 heavy (non-hydrogen) atoms. The highest BCUT2D eigenvalue weighted by atomic mass is 16.5. The molecule has 1 unspecified atom stereocenters. The van der Waals surface area contributed by atoms with Gasteiger partial charge in [0.05, 0.1) is 6.61 Å². The Morgan fingerprint density at radius 1 is 1.77 bits per heavy atom. The molecule has 0 bridgehead atoms. The molecule has 1 amide bonds. The van der Waals surface area contributed by atoms with E-state index >= 15 is 0 Å². The molecule has 2 atom stereocenters. The Morgan fingerprint density at radius 2 is 2.46 bits per heavy atom. The Morgan fingerprint density at radius 3 is 2.92 bits per heavy atom. The van der Waals surface area contributed by atoms with E-state index in [1.165, 1.54) is 0 Å². The molecule has 0 saturated carbocycles. The average Bonchev–Trinajstić information content (AvgIpc) is 2.53. The first-order valence-corrected chi connectivity index (χ1v) is 4.64. The van der Waals surface area contributed by atoms with Gasteiger partial charge < -0.3 is 15.2 Å². The van der Waals surface area contributed by atoms with E-state index in [0.29, 0.717) is 6.61 Å². The lowest BCUT2D eigenvalue weighted by molar-refractivity contribution is -0.140. The topological polar surface area (TPSA) is 58.6 Å². The smallest absolute Gasteiger partial charge is 0.252 e. The molecule has 0 spiro atoms. The van der Waals surface area contributed by atoms with Crippen LogP contribution in [-0.2, 0) is 9.53 Å². The van der Waals surface area contributed by atoms with E-state index in [-0.39, 0.29) is 18.6 Å². The van der Waals surface area contributed by atoms with Gasteiger partial charge in [-0.1, -0.05) is 0 Å². The predicted octanol–water partition coefficient (Wildman–Crippen LogP) is 0.0525. The second kappa shape index (κ2) is 4.07. The highest BCUT2D eigenvalue weighted by Crippen LogP contribution is 2.24. The maximum atomic E-state index is 11.6. The van der Waals surface area contributed by atoms with Crippen LogP contribution >= 0.6 is 0 Å². The van der Waals surface area contributed by atoms with E-state index in [0.717, 1.165) is 12.8 Å². The molecule has 2 N–H and O–H groups in total. The maximum Gasteiger partial charge on any atom is 0.252 e. The Balaban J connectivity index is 2.46. The second-order valence-corrected chi connectivity index (χ2v) is 3.74. The van der Waals surface area contributed by atoms with Gasteiger partial charge in [0, 0.05) is 12.6 Å². The number of aliphatic hydroxyl groups is 1. The molecule has 0 aromatic heterocycles. The summed E-state index contributed by atoms with van der Waals surface area (Å²) in [5.41, 5.74) is -0.677. The van der Waals surface area contributed by atoms with Gasteiger partial charge in [-0.25, -0.2) is 0 Å². The Hall–Kier alpha value is -0.610. The third kappa shape index (κ3) is 2.42. The van der Waals surface area contributed by atoms with E-state index in [2.05, 4.69) is 5.32 Å². The minimum atomic E-state index is -0.677. The van der Waals surface area contributed by atoms with Crippen LogP contribution in [0.5, 0.6) is 0 Å². The number of amides is 1. The number of aliphatic hydroxyl groups excluding tert-OH is 1. The van der Waals surface area contributed by atoms with Crippen LogP contribution in [0.4, 0.5) is 0 Å². The molecule has 1 aliphatic rings. The van der Waals surface area contributed by atoms with Crippen molar-refractivity contribution in [3.63, 3.8) is 0 Å². The monoisotopic (exact) mass is 187 g/mol. The van der Waals surface area contributed by atoms with Crippen LogP contribution in [0.1, 0.15) is 26.7 Å². The van der Waals surface area contributed by atoms with Gasteiger partial charge in [-0.3, -0.25) is 4.79 Å². The van der Waals surface area contributed by atoms with Crippen LogP contribution in [0.15, 0.2) is 0 Å². The summed E-state index contributed by atoms with van der Waals surface area (Å²) >= 11 is 0. The molecular weight excluding hydrogens is 170 g/mol. The predicted molar refractivity (Wildman–Crippen MR) is 48.3 cm³/mol. The number of hydrogen-bond acceptors (Lipinski definition) is 3. The lowest BCUT2D eigenvalue weighted by Crippen LogP contribution is -2.48. The molecule has 0 aromatic rings. The molecule has 1 heterocycles. The Labute approximate surface area is 78.3 Å². The number of ether oxygens (including phenoxy) is 1. The quantitative estimate of drug-likeness (QED) is 0.656.